The van der Waals surface area contributed by atoms with Gasteiger partial charge in [-0.3, -0.25) is 4.79 Å². The standard InChI is InChI=1S/C10H14IN3O/c1-2-14(5-7-3-4-7)9-8(11)10(15)13-6-12-9/h6-7H,2-5H2,1H3,(H,12,13,15). The van der Waals surface area contributed by atoms with Crippen molar-refractivity contribution in [1.82, 2.24) is 9.97 Å². The van der Waals surface area contributed by atoms with Crippen LogP contribution in [0.25, 0.3) is 0 Å². The number of halogens is 1. The molecule has 4 nitrogen and oxygen atoms in total. The third-order valence-electron chi connectivity index (χ3n) is 2.63. The second-order valence-corrected chi connectivity index (χ2v) is 4.93. The molecule has 15 heavy (non-hydrogen) atoms. The summed E-state index contributed by atoms with van der Waals surface area (Å²) in [6.07, 6.45) is 4.11. The fraction of sp³-hybridized carbons (Fsp3) is 0.600. The van der Waals surface area contributed by atoms with Gasteiger partial charge in [-0.25, -0.2) is 4.98 Å². The van der Waals surface area contributed by atoms with Gasteiger partial charge in [-0.1, -0.05) is 0 Å². The predicted molar refractivity (Wildman–Crippen MR) is 68.2 cm³/mol. The van der Waals surface area contributed by atoms with Crippen molar-refractivity contribution in [3.05, 3.63) is 20.3 Å². The first-order chi connectivity index (χ1) is 7.22. The number of aromatic amines is 1. The summed E-state index contributed by atoms with van der Waals surface area (Å²) in [6, 6.07) is 0. The van der Waals surface area contributed by atoms with Gasteiger partial charge >= 0.3 is 0 Å². The molecule has 1 N–H and O–H groups in total. The van der Waals surface area contributed by atoms with Crippen LogP contribution in [-0.2, 0) is 0 Å². The summed E-state index contributed by atoms with van der Waals surface area (Å²) in [7, 11) is 0. The number of aromatic nitrogens is 2. The lowest BCUT2D eigenvalue weighted by Gasteiger charge is -2.22. The monoisotopic (exact) mass is 319 g/mol. The molecule has 0 amide bonds. The molecule has 0 aliphatic heterocycles. The third kappa shape index (κ3) is 2.50. The number of nitrogens with one attached hydrogen (secondary N) is 1. The molecule has 0 atom stereocenters. The first kappa shape index (κ1) is 10.9. The quantitative estimate of drug-likeness (QED) is 0.858. The van der Waals surface area contributed by atoms with Crippen molar-refractivity contribution in [2.24, 2.45) is 5.92 Å². The summed E-state index contributed by atoms with van der Waals surface area (Å²) in [5.74, 6) is 1.63. The molecule has 0 bridgehead atoms. The minimum absolute atomic E-state index is 0.0464. The lowest BCUT2D eigenvalue weighted by Crippen LogP contribution is -2.29. The highest BCUT2D eigenvalue weighted by atomic mass is 127. The van der Waals surface area contributed by atoms with E-state index >= 15 is 0 Å². The second-order valence-electron chi connectivity index (χ2n) is 3.85. The average Bonchev–Trinajstić information content (AvgIpc) is 3.03. The summed E-state index contributed by atoms with van der Waals surface area (Å²) in [4.78, 5) is 20.5. The van der Waals surface area contributed by atoms with Gasteiger partial charge in [0.05, 0.1) is 6.33 Å². The summed E-state index contributed by atoms with van der Waals surface area (Å²) in [5.41, 5.74) is -0.0464. The second kappa shape index (κ2) is 4.51. The maximum absolute atomic E-state index is 11.4. The molecule has 0 saturated heterocycles. The normalized spacial score (nSPS) is 15.3. The Bertz CT molecular complexity index is 400. The SMILES string of the molecule is CCN(CC1CC1)c1nc[nH]c(=O)c1I. The van der Waals surface area contributed by atoms with Gasteiger partial charge in [-0.05, 0) is 48.3 Å². The number of anilines is 1. The van der Waals surface area contributed by atoms with E-state index in [4.69, 9.17) is 0 Å². The molecule has 1 aliphatic carbocycles. The molecule has 5 heteroatoms. The molecule has 1 fully saturated rings. The maximum atomic E-state index is 11.4. The number of hydrogen-bond acceptors (Lipinski definition) is 3. The summed E-state index contributed by atoms with van der Waals surface area (Å²) >= 11 is 2.06. The minimum Gasteiger partial charge on any atom is -0.356 e. The molecule has 2 rings (SSSR count). The lowest BCUT2D eigenvalue weighted by molar-refractivity contribution is 0.727. The van der Waals surface area contributed by atoms with Gasteiger partial charge in [-0.15, -0.1) is 0 Å². The van der Waals surface area contributed by atoms with Crippen molar-refractivity contribution >= 4 is 28.4 Å². The van der Waals surface area contributed by atoms with Crippen LogP contribution in [0.3, 0.4) is 0 Å². The smallest absolute Gasteiger partial charge is 0.266 e. The lowest BCUT2D eigenvalue weighted by atomic mass is 10.3. The molecular weight excluding hydrogens is 305 g/mol. The minimum atomic E-state index is -0.0464. The van der Waals surface area contributed by atoms with E-state index in [1.54, 1.807) is 0 Å². The zero-order chi connectivity index (χ0) is 10.8. The maximum Gasteiger partial charge on any atom is 0.266 e. The van der Waals surface area contributed by atoms with Crippen LogP contribution in [0.1, 0.15) is 19.8 Å². The van der Waals surface area contributed by atoms with Crippen LogP contribution >= 0.6 is 22.6 Å². The van der Waals surface area contributed by atoms with Gasteiger partial charge in [0.15, 0.2) is 0 Å². The molecule has 1 aromatic rings. The average molecular weight is 319 g/mol. The molecule has 1 aliphatic rings. The Labute approximate surface area is 102 Å². The highest BCUT2D eigenvalue weighted by Crippen LogP contribution is 2.31. The Morgan fingerprint density at radius 3 is 3.00 bits per heavy atom. The van der Waals surface area contributed by atoms with E-state index in [1.165, 1.54) is 19.2 Å². The molecule has 0 radical (unpaired) electrons. The van der Waals surface area contributed by atoms with E-state index in [2.05, 4.69) is 44.4 Å². The topological polar surface area (TPSA) is 49.0 Å². The Morgan fingerprint density at radius 2 is 2.40 bits per heavy atom. The van der Waals surface area contributed by atoms with E-state index in [9.17, 15) is 4.79 Å². The third-order valence-corrected chi connectivity index (χ3v) is 3.61. The Morgan fingerprint density at radius 1 is 1.67 bits per heavy atom. The number of hydrogen-bond donors (Lipinski definition) is 1. The molecule has 1 heterocycles. The zero-order valence-corrected chi connectivity index (χ0v) is 10.8. The van der Waals surface area contributed by atoms with E-state index in [0.717, 1.165) is 24.8 Å². The van der Waals surface area contributed by atoms with Gasteiger partial charge in [0.25, 0.3) is 5.56 Å². The van der Waals surface area contributed by atoms with Gasteiger partial charge in [0.1, 0.15) is 9.39 Å². The molecular formula is C10H14IN3O. The molecule has 0 spiro atoms. The summed E-state index contributed by atoms with van der Waals surface area (Å²) in [5, 5.41) is 0. The van der Waals surface area contributed by atoms with Gasteiger partial charge in [-0.2, -0.15) is 0 Å². The van der Waals surface area contributed by atoms with Gasteiger partial charge in [0, 0.05) is 13.1 Å². The Hall–Kier alpha value is -0.590. The van der Waals surface area contributed by atoms with Crippen molar-refractivity contribution in [3.8, 4) is 0 Å². The van der Waals surface area contributed by atoms with Crippen LogP contribution in [0, 0.1) is 9.49 Å². The molecule has 1 aromatic heterocycles. The molecule has 1 saturated carbocycles. The van der Waals surface area contributed by atoms with Crippen LogP contribution in [0.15, 0.2) is 11.1 Å². The largest absolute Gasteiger partial charge is 0.356 e. The van der Waals surface area contributed by atoms with Crippen LogP contribution in [0.2, 0.25) is 0 Å². The fourth-order valence-electron chi connectivity index (χ4n) is 1.57. The Kier molecular flexibility index (Phi) is 3.28. The zero-order valence-electron chi connectivity index (χ0n) is 8.66. The van der Waals surface area contributed by atoms with Crippen LogP contribution < -0.4 is 10.5 Å². The van der Waals surface area contributed by atoms with Crippen molar-refractivity contribution in [3.63, 3.8) is 0 Å². The fourth-order valence-corrected chi connectivity index (χ4v) is 2.21. The first-order valence-corrected chi connectivity index (χ1v) is 6.28. The van der Waals surface area contributed by atoms with E-state index in [-0.39, 0.29) is 5.56 Å². The summed E-state index contributed by atoms with van der Waals surface area (Å²) < 4.78 is 0.692. The van der Waals surface area contributed by atoms with Crippen LogP contribution in [-0.4, -0.2) is 23.1 Å². The number of nitrogens with zero attached hydrogens (tertiary/aromatic N) is 2. The summed E-state index contributed by atoms with van der Waals surface area (Å²) in [6.45, 7) is 4.03. The molecule has 0 aromatic carbocycles. The van der Waals surface area contributed by atoms with Crippen LogP contribution in [0.4, 0.5) is 5.82 Å². The molecule has 82 valence electrons. The van der Waals surface area contributed by atoms with Crippen LogP contribution in [0.5, 0.6) is 0 Å². The molecule has 0 unspecified atom stereocenters. The van der Waals surface area contributed by atoms with Crippen molar-refractivity contribution in [2.45, 2.75) is 19.8 Å². The van der Waals surface area contributed by atoms with Crippen molar-refractivity contribution in [1.29, 1.82) is 0 Å². The number of H-pyrrole nitrogens is 1. The first-order valence-electron chi connectivity index (χ1n) is 5.20. The van der Waals surface area contributed by atoms with Crippen molar-refractivity contribution < 1.29 is 0 Å². The van der Waals surface area contributed by atoms with Crippen molar-refractivity contribution in [2.75, 3.05) is 18.0 Å². The highest BCUT2D eigenvalue weighted by molar-refractivity contribution is 14.1. The van der Waals surface area contributed by atoms with Gasteiger partial charge < -0.3 is 9.88 Å². The van der Waals surface area contributed by atoms with E-state index in [1.807, 2.05) is 0 Å². The predicted octanol–water partition coefficient (Wildman–Crippen LogP) is 1.61. The Balaban J connectivity index is 2.24. The van der Waals surface area contributed by atoms with Gasteiger partial charge in [0.2, 0.25) is 0 Å². The highest BCUT2D eigenvalue weighted by Gasteiger charge is 2.25. The number of rotatable bonds is 4. The van der Waals surface area contributed by atoms with E-state index in [0.29, 0.717) is 3.57 Å². The van der Waals surface area contributed by atoms with E-state index < -0.39 is 0 Å².